The Hall–Kier alpha value is -7.31. The van der Waals surface area contributed by atoms with Crippen molar-refractivity contribution in [3.63, 3.8) is 0 Å². The number of imidazole rings is 1. The number of guanidine groups is 1. The smallest absolute Gasteiger partial charge is 0.326 e. The van der Waals surface area contributed by atoms with Gasteiger partial charge in [-0.05, 0) is 68.7 Å². The van der Waals surface area contributed by atoms with Gasteiger partial charge in [0, 0.05) is 44.2 Å². The Bertz CT molecular complexity index is 2130. The molecule has 2 heterocycles. The molecule has 1 aromatic carbocycles. The van der Waals surface area contributed by atoms with Crippen LogP contribution in [0.5, 0.6) is 5.75 Å². The van der Waals surface area contributed by atoms with Gasteiger partial charge in [-0.2, -0.15) is 0 Å². The Morgan fingerprint density at radius 1 is 0.814 bits per heavy atom. The number of aliphatic imine (C=N–C) groups is 1. The van der Waals surface area contributed by atoms with E-state index in [0.717, 1.165) is 0 Å². The van der Waals surface area contributed by atoms with Gasteiger partial charge >= 0.3 is 11.9 Å². The molecule has 70 heavy (non-hydrogen) atoms. The first kappa shape index (κ1) is 57.0. The number of H-pyrrole nitrogens is 1. The third-order valence-electron chi connectivity index (χ3n) is 11.7. The molecule has 8 atom stereocenters. The predicted octanol–water partition coefficient (Wildman–Crippen LogP) is -2.28. The van der Waals surface area contributed by atoms with Gasteiger partial charge in [-0.3, -0.25) is 43.3 Å². The lowest BCUT2D eigenvalue weighted by Crippen LogP contribution is -2.61. The van der Waals surface area contributed by atoms with Crippen LogP contribution in [0.4, 0.5) is 0 Å². The largest absolute Gasteiger partial charge is 0.508 e. The van der Waals surface area contributed by atoms with E-state index in [2.05, 4.69) is 52.2 Å². The molecule has 0 bridgehead atoms. The van der Waals surface area contributed by atoms with Gasteiger partial charge in [-0.1, -0.05) is 46.2 Å². The average molecular weight is 984 g/mol. The highest BCUT2D eigenvalue weighted by Crippen LogP contribution is 2.21. The van der Waals surface area contributed by atoms with Crippen molar-refractivity contribution in [2.24, 2.45) is 28.3 Å². The summed E-state index contributed by atoms with van der Waals surface area (Å²) in [6, 6.07) is -3.54. The first-order valence-electron chi connectivity index (χ1n) is 23.2. The summed E-state index contributed by atoms with van der Waals surface area (Å²) in [5.41, 5.74) is 11.7. The van der Waals surface area contributed by atoms with Gasteiger partial charge in [-0.15, -0.1) is 0 Å². The topological polar surface area (TPSA) is 395 Å². The summed E-state index contributed by atoms with van der Waals surface area (Å²) < 4.78 is 0. The fourth-order valence-electron chi connectivity index (χ4n) is 7.64. The zero-order valence-electron chi connectivity index (χ0n) is 40.2. The average Bonchev–Trinajstić information content (AvgIpc) is 4.02. The van der Waals surface area contributed by atoms with Gasteiger partial charge in [0.15, 0.2) is 5.96 Å². The molecule has 0 unspecified atom stereocenters. The van der Waals surface area contributed by atoms with Crippen molar-refractivity contribution in [1.82, 2.24) is 52.1 Å². The Balaban J connectivity index is 1.94. The number of carbonyl (C=O) groups excluding carboxylic acids is 7. The number of nitrogens with one attached hydrogen (secondary N) is 8. The number of rotatable bonds is 29. The van der Waals surface area contributed by atoms with Crippen LogP contribution in [0.1, 0.15) is 83.9 Å². The van der Waals surface area contributed by atoms with Crippen LogP contribution in [0.2, 0.25) is 0 Å². The van der Waals surface area contributed by atoms with Crippen LogP contribution >= 0.6 is 0 Å². The molecule has 15 N–H and O–H groups in total. The van der Waals surface area contributed by atoms with E-state index in [1.165, 1.54) is 41.7 Å². The van der Waals surface area contributed by atoms with Crippen molar-refractivity contribution in [3.05, 3.63) is 48.0 Å². The highest BCUT2D eigenvalue weighted by molar-refractivity contribution is 5.98. The third-order valence-corrected chi connectivity index (χ3v) is 11.7. The Morgan fingerprint density at radius 2 is 1.44 bits per heavy atom. The molecule has 1 aliphatic heterocycles. The molecule has 3 rings (SSSR count). The molecule has 25 nitrogen and oxygen atoms in total. The monoisotopic (exact) mass is 984 g/mol. The molecular weight excluding hydrogens is 915 g/mol. The summed E-state index contributed by atoms with van der Waals surface area (Å²) >= 11 is 0. The van der Waals surface area contributed by atoms with Crippen LogP contribution in [0.15, 0.2) is 41.8 Å². The number of aromatic amines is 1. The highest BCUT2D eigenvalue weighted by Gasteiger charge is 2.41. The van der Waals surface area contributed by atoms with Crippen molar-refractivity contribution in [2.45, 2.75) is 128 Å². The van der Waals surface area contributed by atoms with E-state index >= 15 is 0 Å². The lowest BCUT2D eigenvalue weighted by molar-refractivity contribution is -0.146. The van der Waals surface area contributed by atoms with E-state index in [0.29, 0.717) is 24.1 Å². The van der Waals surface area contributed by atoms with E-state index in [-0.39, 0.29) is 63.4 Å². The maximum atomic E-state index is 14.4. The van der Waals surface area contributed by atoms with Gasteiger partial charge in [0.25, 0.3) is 0 Å². The van der Waals surface area contributed by atoms with Gasteiger partial charge in [0.1, 0.15) is 48.0 Å². The number of likely N-dealkylation sites (tertiary alicyclic amines) is 1. The summed E-state index contributed by atoms with van der Waals surface area (Å²) in [4.78, 5) is 133. The molecule has 25 heteroatoms. The third kappa shape index (κ3) is 18.3. The molecular formula is C45H69N13O12. The fraction of sp³-hybridized carbons (Fsp3) is 0.578. The molecule has 0 aliphatic carbocycles. The number of aromatic nitrogens is 2. The van der Waals surface area contributed by atoms with Crippen molar-refractivity contribution in [1.29, 1.82) is 0 Å². The number of aromatic hydroxyl groups is 1. The van der Waals surface area contributed by atoms with Crippen molar-refractivity contribution in [2.75, 3.05) is 26.7 Å². The second kappa shape index (κ2) is 28.2. The Labute approximate surface area is 405 Å². The summed E-state index contributed by atoms with van der Waals surface area (Å²) in [5.74, 6) is -9.22. The van der Waals surface area contributed by atoms with E-state index < -0.39 is 120 Å². The Morgan fingerprint density at radius 3 is 2.03 bits per heavy atom. The Kier molecular flexibility index (Phi) is 23.0. The van der Waals surface area contributed by atoms with E-state index in [1.807, 2.05) is 0 Å². The summed E-state index contributed by atoms with van der Waals surface area (Å²) in [7, 11) is 1.54. The number of carboxylic acids is 2. The highest BCUT2D eigenvalue weighted by atomic mass is 16.4. The quantitative estimate of drug-likeness (QED) is 0.0232. The van der Waals surface area contributed by atoms with Gasteiger partial charge in [-0.25, -0.2) is 9.78 Å². The molecule has 0 spiro atoms. The molecule has 7 amide bonds. The number of nitrogens with two attached hydrogens (primary N) is 2. The van der Waals surface area contributed by atoms with Crippen molar-refractivity contribution >= 4 is 59.2 Å². The number of hydrogen-bond donors (Lipinski definition) is 13. The summed E-state index contributed by atoms with van der Waals surface area (Å²) in [6.07, 6.45) is 2.65. The number of carboxylic acid groups (broad SMARTS) is 2. The van der Waals surface area contributed by atoms with Crippen LogP contribution in [-0.4, -0.2) is 158 Å². The van der Waals surface area contributed by atoms with Crippen LogP contribution in [0.25, 0.3) is 0 Å². The first-order chi connectivity index (χ1) is 33.1. The minimum absolute atomic E-state index is 0.0874. The number of aliphatic carboxylic acids is 2. The van der Waals surface area contributed by atoms with Crippen molar-refractivity contribution < 1.29 is 58.5 Å². The number of benzene rings is 1. The van der Waals surface area contributed by atoms with Gasteiger partial charge < -0.3 is 73.9 Å². The zero-order chi connectivity index (χ0) is 52.1. The molecule has 1 saturated heterocycles. The SMILES string of the molecule is CC[C@H](C)[C@H](NC(=O)[C@@H]1CCCN1C(=O)[C@H](Cc1cnc[nH]1)NC(=O)[C@H](CCC(=O)O)NC(=O)[C@H](Cc1ccc(O)cc1)NC(=O)[C@@H](NC(=O)[C@H](CCCN=C(N)N)NC(=O)CNC)C(C)C)C(=O)O. The minimum atomic E-state index is -1.62. The summed E-state index contributed by atoms with van der Waals surface area (Å²) in [5, 5.41) is 47.8. The van der Waals surface area contributed by atoms with Crippen LogP contribution < -0.4 is 48.7 Å². The predicted molar refractivity (Wildman–Crippen MR) is 253 cm³/mol. The minimum Gasteiger partial charge on any atom is -0.508 e. The standard InChI is InChI=1S/C45H69N13O12/c1-6-25(4)37(44(69)70)57-41(66)33-10-8-18-58(33)43(68)32(20-27-21-49-23-51-27)55-38(63)30(15-16-35(61)62)53-40(65)31(19-26-11-13-28(59)14-12-26)54-42(67)36(24(2)3)56-39(64)29(52-34(60)22-48-5)9-7-17-50-45(46)47/h11-14,21,23-25,29-33,36-37,48,59H,6-10,15-20,22H2,1-5H3,(H,49,51)(H,52,60)(H,53,65)(H,54,67)(H,55,63)(H,56,64)(H,57,66)(H,61,62)(H,69,70)(H4,46,47,50)/t25-,29-,30-,31-,32-,33-,36-,37-/m0/s1. The van der Waals surface area contributed by atoms with Crippen LogP contribution in [-0.2, 0) is 56.0 Å². The second-order valence-electron chi connectivity index (χ2n) is 17.5. The van der Waals surface area contributed by atoms with Crippen LogP contribution in [0, 0.1) is 11.8 Å². The fourth-order valence-corrected chi connectivity index (χ4v) is 7.64. The molecule has 1 fully saturated rings. The van der Waals surface area contributed by atoms with Gasteiger partial charge in [0.05, 0.1) is 12.9 Å². The molecule has 1 aromatic heterocycles. The van der Waals surface area contributed by atoms with Crippen molar-refractivity contribution in [3.8, 4) is 5.75 Å². The van der Waals surface area contributed by atoms with E-state index in [9.17, 15) is 58.5 Å². The molecule has 0 radical (unpaired) electrons. The maximum Gasteiger partial charge on any atom is 0.326 e. The lowest BCUT2D eigenvalue weighted by Gasteiger charge is -2.31. The number of phenols is 1. The van der Waals surface area contributed by atoms with Crippen LogP contribution in [0.3, 0.4) is 0 Å². The van der Waals surface area contributed by atoms with Gasteiger partial charge in [0.2, 0.25) is 41.4 Å². The molecule has 1 aliphatic rings. The normalized spacial score (nSPS) is 16.3. The maximum absolute atomic E-state index is 14.4. The number of amides is 7. The molecule has 0 saturated carbocycles. The molecule has 386 valence electrons. The van der Waals surface area contributed by atoms with E-state index in [1.54, 1.807) is 34.7 Å². The molecule has 2 aromatic rings. The number of carbonyl (C=O) groups is 9. The number of nitrogens with zero attached hydrogens (tertiary/aromatic N) is 3. The summed E-state index contributed by atoms with van der Waals surface area (Å²) in [6.45, 7) is 6.85. The lowest BCUT2D eigenvalue weighted by atomic mass is 9.98. The number of phenolic OH excluding ortho intramolecular Hbond substituents is 1. The number of likely N-dealkylation sites (N-methyl/N-ethyl adjacent to an activating group) is 1. The second-order valence-corrected chi connectivity index (χ2v) is 17.5. The van der Waals surface area contributed by atoms with E-state index in [4.69, 9.17) is 11.5 Å². The first-order valence-corrected chi connectivity index (χ1v) is 23.2. The number of hydrogen-bond acceptors (Lipinski definition) is 13. The zero-order valence-corrected chi connectivity index (χ0v) is 40.2.